The van der Waals surface area contributed by atoms with Crippen LogP contribution in [0.1, 0.15) is 25.1 Å². The predicted molar refractivity (Wildman–Crippen MR) is 192 cm³/mol. The summed E-state index contributed by atoms with van der Waals surface area (Å²) in [6, 6.07) is -1.11. The molecular formula is C28H32ClN9O12S3. The number of nitrogens with one attached hydrogen (secondary N) is 3. The van der Waals surface area contributed by atoms with Gasteiger partial charge in [0.25, 0.3) is 11.8 Å². The van der Waals surface area contributed by atoms with Gasteiger partial charge in [-0.25, -0.2) is 24.8 Å². The molecule has 11 N–H and O–H groups in total. The molecule has 2 saturated heterocycles. The minimum Gasteiger partial charge on any atom is -0.504 e. The Bertz CT molecular complexity index is 1890. The number of benzene rings is 1. The number of nitrogens with two attached hydrogens (primary N) is 2. The fraction of sp³-hybridized carbons (Fsp3) is 0.393. The van der Waals surface area contributed by atoms with Crippen LogP contribution in [0.25, 0.3) is 0 Å². The van der Waals surface area contributed by atoms with E-state index in [0.717, 1.165) is 47.0 Å². The number of phenols is 2. The van der Waals surface area contributed by atoms with Crippen LogP contribution >= 0.6 is 46.5 Å². The van der Waals surface area contributed by atoms with E-state index in [9.17, 15) is 49.2 Å². The largest absolute Gasteiger partial charge is 0.504 e. The first-order chi connectivity index (χ1) is 24.8. The van der Waals surface area contributed by atoms with Crippen molar-refractivity contribution in [2.75, 3.05) is 31.7 Å². The zero-order valence-electron chi connectivity index (χ0n) is 27.7. The van der Waals surface area contributed by atoms with Gasteiger partial charge in [0, 0.05) is 23.8 Å². The van der Waals surface area contributed by atoms with E-state index in [2.05, 4.69) is 25.9 Å². The van der Waals surface area contributed by atoms with Crippen LogP contribution in [-0.4, -0.2) is 131 Å². The van der Waals surface area contributed by atoms with Gasteiger partial charge < -0.3 is 57.0 Å². The number of hydrogen-bond acceptors (Lipinski definition) is 17. The minimum atomic E-state index is -1.84. The van der Waals surface area contributed by atoms with Crippen molar-refractivity contribution in [1.29, 1.82) is 0 Å². The average Bonchev–Trinajstić information content (AvgIpc) is 3.68. The zero-order chi connectivity index (χ0) is 39.4. The van der Waals surface area contributed by atoms with Crippen LogP contribution in [0.2, 0.25) is 5.02 Å². The molecule has 2 aliphatic rings. The van der Waals surface area contributed by atoms with Crippen molar-refractivity contribution >= 4 is 98.7 Å². The molecule has 25 heteroatoms. The summed E-state index contributed by atoms with van der Waals surface area (Å²) >= 11 is 8.82. The summed E-state index contributed by atoms with van der Waals surface area (Å²) in [5.41, 5.74) is 9.57. The number of nitrogen functional groups attached to an aromatic ring is 1. The smallest absolute Gasteiger partial charge is 0.350 e. The highest BCUT2D eigenvalue weighted by Crippen LogP contribution is 2.52. The number of carboxylic acids is 2. The molecule has 0 unspecified atom stereocenters. The van der Waals surface area contributed by atoms with Gasteiger partial charge in [-0.2, -0.15) is 5.10 Å². The van der Waals surface area contributed by atoms with Crippen LogP contribution in [0.5, 0.6) is 11.5 Å². The van der Waals surface area contributed by atoms with Crippen molar-refractivity contribution in [1.82, 2.24) is 25.9 Å². The van der Waals surface area contributed by atoms with Crippen molar-refractivity contribution in [2.24, 2.45) is 16.0 Å². The van der Waals surface area contributed by atoms with E-state index in [4.69, 9.17) is 32.6 Å². The van der Waals surface area contributed by atoms with E-state index in [1.807, 2.05) is 5.43 Å². The third kappa shape index (κ3) is 8.95. The molecule has 4 rings (SSSR count). The van der Waals surface area contributed by atoms with Gasteiger partial charge in [-0.3, -0.25) is 14.4 Å². The Morgan fingerprint density at radius 1 is 1.21 bits per heavy atom. The Morgan fingerprint density at radius 3 is 2.49 bits per heavy atom. The molecule has 21 nitrogen and oxygen atoms in total. The number of carboxylic acid groups (broad SMARTS) is 2. The van der Waals surface area contributed by atoms with Crippen LogP contribution in [-0.2, 0) is 33.5 Å². The second-order valence-corrected chi connectivity index (χ2v) is 15.8. The number of thiazole rings is 1. The number of rotatable bonds is 16. The molecule has 3 heterocycles. The summed E-state index contributed by atoms with van der Waals surface area (Å²) in [5.74, 6) is -6.72. The number of thioether (sulfide) groups is 2. The lowest BCUT2D eigenvalue weighted by molar-refractivity contribution is -0.161. The third-order valence-electron chi connectivity index (χ3n) is 7.37. The van der Waals surface area contributed by atoms with Gasteiger partial charge >= 0.3 is 18.0 Å². The second-order valence-electron chi connectivity index (χ2n) is 11.6. The number of amides is 5. The number of hydrogen-bond donors (Lipinski definition) is 9. The Morgan fingerprint density at radius 2 is 1.91 bits per heavy atom. The number of hydrazone groups is 1. The maximum Gasteiger partial charge on any atom is 0.350 e. The fourth-order valence-electron chi connectivity index (χ4n) is 4.58. The molecule has 0 aliphatic carbocycles. The number of carbonyl (C=O) groups is 6. The highest BCUT2D eigenvalue weighted by molar-refractivity contribution is 8.20. The Kier molecular flexibility index (Phi) is 12.5. The number of anilines is 1. The lowest BCUT2D eigenvalue weighted by atomic mass is 10.1. The summed E-state index contributed by atoms with van der Waals surface area (Å²) in [6.45, 7) is 1.95. The number of aromatic hydroxyl groups is 2. The van der Waals surface area contributed by atoms with Crippen molar-refractivity contribution in [3.05, 3.63) is 33.8 Å². The van der Waals surface area contributed by atoms with Crippen molar-refractivity contribution in [3.8, 4) is 11.5 Å². The van der Waals surface area contributed by atoms with Gasteiger partial charge in [0.2, 0.25) is 11.5 Å². The number of urea groups is 1. The van der Waals surface area contributed by atoms with E-state index in [1.165, 1.54) is 31.2 Å². The highest BCUT2D eigenvalue weighted by atomic mass is 35.5. The number of β-lactam (4-membered cyclic amide) rings is 1. The third-order valence-corrected chi connectivity index (χ3v) is 11.9. The number of ether oxygens (including phenoxy) is 1. The van der Waals surface area contributed by atoms with Gasteiger partial charge in [-0.15, -0.1) is 34.9 Å². The zero-order valence-corrected chi connectivity index (χ0v) is 30.9. The second kappa shape index (κ2) is 16.3. The van der Waals surface area contributed by atoms with Crippen LogP contribution in [0, 0.1) is 0 Å². The molecule has 2 aromatic rings. The van der Waals surface area contributed by atoms with Gasteiger partial charge in [0.1, 0.15) is 17.1 Å². The number of phenolic OH excluding ortho intramolecular Hbond substituents is 2. The lowest BCUT2D eigenvalue weighted by Gasteiger charge is -2.41. The van der Waals surface area contributed by atoms with Crippen LogP contribution in [0.3, 0.4) is 0 Å². The molecule has 0 spiro atoms. The Balaban J connectivity index is 1.50. The van der Waals surface area contributed by atoms with E-state index in [0.29, 0.717) is 0 Å². The van der Waals surface area contributed by atoms with Gasteiger partial charge in [0.15, 0.2) is 32.1 Å². The number of fused-ring (bicyclic) bond motifs is 1. The summed E-state index contributed by atoms with van der Waals surface area (Å²) in [5, 5.41) is 52.2. The Labute approximate surface area is 316 Å². The van der Waals surface area contributed by atoms with E-state index in [1.54, 1.807) is 0 Å². The maximum absolute atomic E-state index is 13.4. The molecule has 286 valence electrons. The van der Waals surface area contributed by atoms with Crippen molar-refractivity contribution in [2.45, 2.75) is 41.0 Å². The van der Waals surface area contributed by atoms with Gasteiger partial charge in [-0.05, 0) is 26.0 Å². The molecule has 2 aliphatic heterocycles. The van der Waals surface area contributed by atoms with Crippen LogP contribution < -0.4 is 27.5 Å². The van der Waals surface area contributed by atoms with Crippen molar-refractivity contribution < 1.29 is 58.8 Å². The average molecular weight is 818 g/mol. The van der Waals surface area contributed by atoms with Gasteiger partial charge in [-0.1, -0.05) is 16.8 Å². The summed E-state index contributed by atoms with van der Waals surface area (Å²) < 4.78 is 3.52. The molecule has 0 saturated carbocycles. The first kappa shape index (κ1) is 40.7. The normalized spacial score (nSPS) is 20.5. The molecule has 5 amide bonds. The summed E-state index contributed by atoms with van der Waals surface area (Å²) in [7, 11) is 1.32. The summed E-state index contributed by atoms with van der Waals surface area (Å²) in [4.78, 5) is 85.9. The van der Waals surface area contributed by atoms with Crippen LogP contribution in [0.15, 0.2) is 27.8 Å². The predicted octanol–water partition coefficient (Wildman–Crippen LogP) is -0.508. The topological polar surface area (TPSA) is 331 Å². The SMILES string of the molecule is COC[C@H](CS[C@]1(C(=O)O)CN2C(=O)[C@@H](NC(=O)/C(=N\OC(C)(C)C(=O)O)c3csc(N)n3)[C@H]2S1)NC(=O)C(=NNC(N)=O)c1ccc(O)c(O)c1Cl. The Hall–Kier alpha value is -5.04. The number of aromatic nitrogens is 1. The number of carbonyl (C=O) groups excluding carboxylic acids is 4. The fourth-order valence-corrected chi connectivity index (χ4v) is 8.49. The molecule has 4 atom stereocenters. The first-order valence-electron chi connectivity index (χ1n) is 14.8. The molecule has 0 radical (unpaired) electrons. The molecule has 2 fully saturated rings. The molecule has 1 aromatic carbocycles. The maximum atomic E-state index is 13.4. The number of halogens is 1. The quantitative estimate of drug-likeness (QED) is 0.0446. The standard InChI is InChI=1S/C28H32ClN9O12S3/c1-27(2,23(44)45)50-37-16(12-8-51-26(31)33-12)20(42)34-17-21(43)38-9-28(24(46)47,53-22(17)38)52-7-10(6-49-3)32-19(41)15(35-36-25(30)48)11-4-5-13(39)18(40)14(11)29/h4-5,8,10,17,22,39-40H,6-7,9H2,1-3H3,(H2,31,33)(H,32,41)(H,34,42)(H,44,45)(H,46,47)(H3,30,36,48)/b35-15?,37-16-/t10-,17-,22-,28-/m1/s1. The number of nitrogens with zero attached hydrogens (tertiary/aromatic N) is 4. The van der Waals surface area contributed by atoms with Crippen LogP contribution in [0.4, 0.5) is 9.93 Å². The molecule has 0 bridgehead atoms. The monoisotopic (exact) mass is 817 g/mol. The van der Waals surface area contributed by atoms with Crippen molar-refractivity contribution in [3.63, 3.8) is 0 Å². The number of oxime groups is 1. The van der Waals surface area contributed by atoms with E-state index < -0.39 is 90.8 Å². The molecule has 1 aromatic heterocycles. The number of primary amides is 1. The molecular weight excluding hydrogens is 786 g/mol. The highest BCUT2D eigenvalue weighted by Gasteiger charge is 2.63. The number of aliphatic carboxylic acids is 2. The molecule has 53 heavy (non-hydrogen) atoms. The van der Waals surface area contributed by atoms with Gasteiger partial charge in [0.05, 0.1) is 24.2 Å². The summed E-state index contributed by atoms with van der Waals surface area (Å²) in [6.07, 6.45) is 0. The number of methoxy groups -OCH3 is 1. The van der Waals surface area contributed by atoms with E-state index in [-0.39, 0.29) is 35.3 Å². The minimum absolute atomic E-state index is 0.0568. The van der Waals surface area contributed by atoms with E-state index >= 15 is 0 Å². The first-order valence-corrected chi connectivity index (χ1v) is 17.9. The lowest BCUT2D eigenvalue weighted by Crippen LogP contribution is -2.68.